The number of anilines is 1. The third-order valence-electron chi connectivity index (χ3n) is 6.19. The molecule has 0 bridgehead atoms. The Morgan fingerprint density at radius 2 is 2.00 bits per heavy atom. The van der Waals surface area contributed by atoms with E-state index in [9.17, 15) is 18.3 Å². The second-order valence-corrected chi connectivity index (χ2v) is 10.8. The van der Waals surface area contributed by atoms with Gasteiger partial charge in [-0.05, 0) is 55.8 Å². The number of rotatable bonds is 7. The number of hydrogen-bond acceptors (Lipinski definition) is 6. The summed E-state index contributed by atoms with van der Waals surface area (Å²) in [7, 11) is -0.676. The molecule has 0 saturated heterocycles. The number of fused-ring (bicyclic) bond motifs is 1. The molecule has 0 fully saturated rings. The maximum Gasteiger partial charge on any atom is 0.321 e. The Balaban J connectivity index is 1.90. The monoisotopic (exact) mass is 517 g/mol. The van der Waals surface area contributed by atoms with Crippen molar-refractivity contribution < 1.29 is 27.8 Å². The van der Waals surface area contributed by atoms with Crippen molar-refractivity contribution in [3.63, 3.8) is 0 Å². The molecule has 2 aromatic rings. The maximum atomic E-state index is 13.5. The van der Waals surface area contributed by atoms with E-state index in [1.54, 1.807) is 57.5 Å². The number of amides is 2. The molecule has 3 rings (SSSR count). The number of benzene rings is 2. The maximum absolute atomic E-state index is 13.5. The van der Waals surface area contributed by atoms with E-state index < -0.39 is 22.2 Å². The van der Waals surface area contributed by atoms with E-state index in [1.807, 2.05) is 26.0 Å². The van der Waals surface area contributed by atoms with Crippen molar-refractivity contribution in [2.45, 2.75) is 37.8 Å². The van der Waals surface area contributed by atoms with Crippen molar-refractivity contribution in [3.05, 3.63) is 54.1 Å². The van der Waals surface area contributed by atoms with Crippen LogP contribution in [0.25, 0.3) is 6.08 Å². The van der Waals surface area contributed by atoms with Crippen LogP contribution < -0.4 is 14.8 Å². The SMILES string of the molecule is C/C=C/c1ccc2c(c1)O[C@@H](CN(C)C(=O)Nc1ccc(OC)cc1)[C@H](C)CN([C@H](C)CO)S2(=O)=O. The van der Waals surface area contributed by atoms with E-state index in [-0.39, 0.29) is 42.3 Å². The Kier molecular flexibility index (Phi) is 8.99. The summed E-state index contributed by atoms with van der Waals surface area (Å²) >= 11 is 0. The van der Waals surface area contributed by atoms with Gasteiger partial charge in [0, 0.05) is 31.2 Å². The fraction of sp³-hybridized carbons (Fsp3) is 0.423. The van der Waals surface area contributed by atoms with Gasteiger partial charge in [0.1, 0.15) is 22.5 Å². The summed E-state index contributed by atoms with van der Waals surface area (Å²) in [5, 5.41) is 12.6. The number of nitrogens with one attached hydrogen (secondary N) is 1. The van der Waals surface area contributed by atoms with Gasteiger partial charge in [0.05, 0.1) is 20.3 Å². The molecule has 10 heteroatoms. The van der Waals surface area contributed by atoms with E-state index in [1.165, 1.54) is 15.3 Å². The van der Waals surface area contributed by atoms with E-state index in [0.717, 1.165) is 5.56 Å². The number of nitrogens with zero attached hydrogens (tertiary/aromatic N) is 2. The summed E-state index contributed by atoms with van der Waals surface area (Å²) in [6.07, 6.45) is 3.22. The highest BCUT2D eigenvalue weighted by atomic mass is 32.2. The third-order valence-corrected chi connectivity index (χ3v) is 8.21. The number of methoxy groups -OCH3 is 1. The van der Waals surface area contributed by atoms with E-state index in [4.69, 9.17) is 9.47 Å². The minimum Gasteiger partial charge on any atom is -0.497 e. The minimum atomic E-state index is -3.91. The Bertz CT molecular complexity index is 1180. The van der Waals surface area contributed by atoms with Crippen LogP contribution in [0.2, 0.25) is 0 Å². The first-order chi connectivity index (χ1) is 17.1. The molecule has 0 saturated carbocycles. The Labute approximate surface area is 213 Å². The fourth-order valence-electron chi connectivity index (χ4n) is 4.00. The summed E-state index contributed by atoms with van der Waals surface area (Å²) in [6.45, 7) is 5.47. The number of urea groups is 1. The molecule has 1 heterocycles. The first kappa shape index (κ1) is 27.5. The van der Waals surface area contributed by atoms with Gasteiger partial charge in [-0.15, -0.1) is 0 Å². The molecule has 2 amide bonds. The lowest BCUT2D eigenvalue weighted by molar-refractivity contribution is 0.0830. The average Bonchev–Trinajstić information content (AvgIpc) is 2.86. The van der Waals surface area contributed by atoms with Gasteiger partial charge in [0.2, 0.25) is 10.0 Å². The molecule has 0 spiro atoms. The van der Waals surface area contributed by atoms with Gasteiger partial charge in [-0.1, -0.05) is 25.1 Å². The quantitative estimate of drug-likeness (QED) is 0.580. The molecular weight excluding hydrogens is 482 g/mol. The van der Waals surface area contributed by atoms with Crippen LogP contribution in [0.15, 0.2) is 53.4 Å². The Morgan fingerprint density at radius 3 is 2.61 bits per heavy atom. The van der Waals surface area contributed by atoms with Gasteiger partial charge < -0.3 is 24.8 Å². The van der Waals surface area contributed by atoms with E-state index in [0.29, 0.717) is 11.4 Å². The largest absolute Gasteiger partial charge is 0.497 e. The standard InChI is InChI=1S/C26H35N3O6S/c1-6-7-20-8-13-25-23(14-20)35-24(18(2)15-29(19(3)17-30)36(25,32)33)16-28(4)26(31)27-21-9-11-22(34-5)12-10-21/h6-14,18-19,24,30H,15-17H2,1-5H3,(H,27,31)/b7-6+/t18-,19-,24+/m1/s1. The predicted octanol–water partition coefficient (Wildman–Crippen LogP) is 3.66. The van der Waals surface area contributed by atoms with Crippen molar-refractivity contribution >= 4 is 27.8 Å². The summed E-state index contributed by atoms with van der Waals surface area (Å²) in [4.78, 5) is 14.4. The van der Waals surface area contributed by atoms with Crippen LogP contribution in [0.5, 0.6) is 11.5 Å². The van der Waals surface area contributed by atoms with Gasteiger partial charge in [-0.25, -0.2) is 13.2 Å². The van der Waals surface area contributed by atoms with E-state index in [2.05, 4.69) is 5.32 Å². The first-order valence-electron chi connectivity index (χ1n) is 11.8. The lowest BCUT2D eigenvalue weighted by Gasteiger charge is -2.37. The van der Waals surface area contributed by atoms with Crippen LogP contribution in [-0.4, -0.2) is 74.8 Å². The van der Waals surface area contributed by atoms with Crippen LogP contribution in [0, 0.1) is 5.92 Å². The van der Waals surface area contributed by atoms with Crippen molar-refractivity contribution in [1.29, 1.82) is 0 Å². The Hall–Kier alpha value is -3.08. The number of carbonyl (C=O) groups is 1. The summed E-state index contributed by atoms with van der Waals surface area (Å²) in [6, 6.07) is 11.0. The summed E-state index contributed by atoms with van der Waals surface area (Å²) < 4.78 is 39.8. The molecule has 196 valence electrons. The smallest absolute Gasteiger partial charge is 0.321 e. The fourth-order valence-corrected chi connectivity index (χ4v) is 5.83. The predicted molar refractivity (Wildman–Crippen MR) is 140 cm³/mol. The topological polar surface area (TPSA) is 108 Å². The number of carbonyl (C=O) groups excluding carboxylic acids is 1. The van der Waals surface area contributed by atoms with Crippen LogP contribution in [0.4, 0.5) is 10.5 Å². The zero-order chi connectivity index (χ0) is 26.5. The van der Waals surface area contributed by atoms with Crippen molar-refractivity contribution in [2.75, 3.05) is 39.2 Å². The molecule has 0 radical (unpaired) electrons. The molecule has 2 N–H and O–H groups in total. The lowest BCUT2D eigenvalue weighted by atomic mass is 10.0. The molecule has 36 heavy (non-hydrogen) atoms. The number of aliphatic hydroxyl groups is 1. The normalized spacial score (nSPS) is 20.5. The van der Waals surface area contributed by atoms with Gasteiger partial charge in [-0.3, -0.25) is 0 Å². The van der Waals surface area contributed by atoms with Gasteiger partial charge >= 0.3 is 6.03 Å². The third kappa shape index (κ3) is 6.18. The molecule has 2 aromatic carbocycles. The molecule has 9 nitrogen and oxygen atoms in total. The number of ether oxygens (including phenoxy) is 2. The van der Waals surface area contributed by atoms with E-state index >= 15 is 0 Å². The molecule has 3 atom stereocenters. The highest BCUT2D eigenvalue weighted by Crippen LogP contribution is 2.34. The molecule has 0 aliphatic carbocycles. The van der Waals surface area contributed by atoms with Crippen LogP contribution >= 0.6 is 0 Å². The van der Waals surface area contributed by atoms with Crippen molar-refractivity contribution in [2.24, 2.45) is 5.92 Å². The van der Waals surface area contributed by atoms with Crippen molar-refractivity contribution in [3.8, 4) is 11.5 Å². The number of allylic oxidation sites excluding steroid dienone is 1. The number of hydrogen-bond donors (Lipinski definition) is 2. The zero-order valence-electron chi connectivity index (χ0n) is 21.3. The van der Waals surface area contributed by atoms with Gasteiger partial charge in [0.25, 0.3) is 0 Å². The highest BCUT2D eigenvalue weighted by molar-refractivity contribution is 7.89. The molecular formula is C26H35N3O6S. The lowest BCUT2D eigenvalue weighted by Crippen LogP contribution is -2.50. The Morgan fingerprint density at radius 1 is 1.31 bits per heavy atom. The first-order valence-corrected chi connectivity index (χ1v) is 13.3. The van der Waals surface area contributed by atoms with Gasteiger partial charge in [-0.2, -0.15) is 4.31 Å². The average molecular weight is 518 g/mol. The molecule has 1 aliphatic rings. The van der Waals surface area contributed by atoms with Crippen LogP contribution in [-0.2, 0) is 10.0 Å². The molecule has 0 unspecified atom stereocenters. The molecule has 1 aliphatic heterocycles. The second-order valence-electron chi connectivity index (χ2n) is 8.99. The molecule has 0 aromatic heterocycles. The second kappa shape index (κ2) is 11.8. The number of aliphatic hydroxyl groups excluding tert-OH is 1. The van der Waals surface area contributed by atoms with Crippen LogP contribution in [0.1, 0.15) is 26.3 Å². The van der Waals surface area contributed by atoms with Crippen LogP contribution in [0.3, 0.4) is 0 Å². The zero-order valence-corrected chi connectivity index (χ0v) is 22.2. The number of likely N-dealkylation sites (N-methyl/N-ethyl adjacent to an activating group) is 1. The number of sulfonamides is 1. The van der Waals surface area contributed by atoms with Crippen molar-refractivity contribution in [1.82, 2.24) is 9.21 Å². The summed E-state index contributed by atoms with van der Waals surface area (Å²) in [5.74, 6) is 0.635. The minimum absolute atomic E-state index is 0.0401. The highest BCUT2D eigenvalue weighted by Gasteiger charge is 2.38. The summed E-state index contributed by atoms with van der Waals surface area (Å²) in [5.41, 5.74) is 1.42. The van der Waals surface area contributed by atoms with Gasteiger partial charge in [0.15, 0.2) is 0 Å².